The summed E-state index contributed by atoms with van der Waals surface area (Å²) >= 11 is 0. The first-order valence-electron chi connectivity index (χ1n) is 7.43. The summed E-state index contributed by atoms with van der Waals surface area (Å²) in [5.41, 5.74) is 6.49. The minimum atomic E-state index is -0.509. The Balaban J connectivity index is 1.72. The third kappa shape index (κ3) is 2.87. The summed E-state index contributed by atoms with van der Waals surface area (Å²) in [4.78, 5) is 13.5. The van der Waals surface area contributed by atoms with Crippen LogP contribution in [0.1, 0.15) is 59.7 Å². The van der Waals surface area contributed by atoms with Gasteiger partial charge in [-0.15, -0.1) is 10.2 Å². The van der Waals surface area contributed by atoms with Crippen molar-refractivity contribution in [3.63, 3.8) is 0 Å². The van der Waals surface area contributed by atoms with Gasteiger partial charge in [-0.25, -0.2) is 0 Å². The average molecular weight is 304 g/mol. The molecule has 0 radical (unpaired) electrons. The molecule has 0 bridgehead atoms. The molecule has 1 amide bonds. The molecule has 3 rings (SSSR count). The Hall–Kier alpha value is -2.22. The fourth-order valence-corrected chi connectivity index (χ4v) is 2.92. The van der Waals surface area contributed by atoms with Gasteiger partial charge in [0.15, 0.2) is 0 Å². The summed E-state index contributed by atoms with van der Waals surface area (Å²) < 4.78 is 5.53. The predicted octanol–water partition coefficient (Wildman–Crippen LogP) is 1.14. The van der Waals surface area contributed by atoms with E-state index < -0.39 is 5.91 Å². The van der Waals surface area contributed by atoms with Gasteiger partial charge in [-0.3, -0.25) is 14.8 Å². The van der Waals surface area contributed by atoms with Crippen LogP contribution in [0.5, 0.6) is 0 Å². The third-order valence-electron chi connectivity index (χ3n) is 4.19. The van der Waals surface area contributed by atoms with Crippen LogP contribution in [-0.2, 0) is 0 Å². The molecule has 0 spiro atoms. The number of rotatable bonds is 4. The summed E-state index contributed by atoms with van der Waals surface area (Å²) in [5.74, 6) is 1.00. The number of nitrogens with zero attached hydrogens (tertiary/aromatic N) is 4. The van der Waals surface area contributed by atoms with Crippen molar-refractivity contribution < 1.29 is 9.21 Å². The van der Waals surface area contributed by atoms with Crippen molar-refractivity contribution in [1.29, 1.82) is 0 Å². The molecule has 0 saturated carbocycles. The molecule has 2 aromatic heterocycles. The zero-order valence-corrected chi connectivity index (χ0v) is 12.7. The first-order valence-corrected chi connectivity index (χ1v) is 7.43. The van der Waals surface area contributed by atoms with Gasteiger partial charge in [0, 0.05) is 25.1 Å². The van der Waals surface area contributed by atoms with Crippen molar-refractivity contribution in [2.45, 2.75) is 38.6 Å². The van der Waals surface area contributed by atoms with Gasteiger partial charge in [0.1, 0.15) is 5.69 Å². The lowest BCUT2D eigenvalue weighted by atomic mass is 9.93. The van der Waals surface area contributed by atoms with E-state index in [4.69, 9.17) is 10.2 Å². The Morgan fingerprint density at radius 2 is 2.36 bits per heavy atom. The van der Waals surface area contributed by atoms with Crippen molar-refractivity contribution in [2.24, 2.45) is 5.73 Å². The number of nitrogens with one attached hydrogen (secondary N) is 1. The largest absolute Gasteiger partial charge is 0.424 e. The van der Waals surface area contributed by atoms with Crippen molar-refractivity contribution in [3.05, 3.63) is 29.2 Å². The zero-order chi connectivity index (χ0) is 15.7. The third-order valence-corrected chi connectivity index (χ3v) is 4.19. The SMILES string of the molecule is Cc1nnc(C(C)N2CCCC(c3cc(C(N)=O)n[nH]3)C2)o1. The van der Waals surface area contributed by atoms with Gasteiger partial charge < -0.3 is 10.2 Å². The van der Waals surface area contributed by atoms with Crippen LogP contribution in [0.25, 0.3) is 0 Å². The first-order chi connectivity index (χ1) is 10.5. The van der Waals surface area contributed by atoms with Crippen LogP contribution >= 0.6 is 0 Å². The number of carbonyl (C=O) groups excluding carboxylic acids is 1. The highest BCUT2D eigenvalue weighted by atomic mass is 16.4. The van der Waals surface area contributed by atoms with E-state index in [-0.39, 0.29) is 11.7 Å². The van der Waals surface area contributed by atoms with Gasteiger partial charge in [0.25, 0.3) is 5.91 Å². The average Bonchev–Trinajstić information content (AvgIpc) is 3.15. The molecular weight excluding hydrogens is 284 g/mol. The molecule has 2 atom stereocenters. The van der Waals surface area contributed by atoms with Crippen LogP contribution in [0.3, 0.4) is 0 Å². The molecule has 1 aliphatic rings. The second-order valence-corrected chi connectivity index (χ2v) is 5.74. The van der Waals surface area contributed by atoms with E-state index in [2.05, 4.69) is 32.2 Å². The summed E-state index contributed by atoms with van der Waals surface area (Å²) in [6.07, 6.45) is 2.11. The second-order valence-electron chi connectivity index (χ2n) is 5.74. The van der Waals surface area contributed by atoms with E-state index in [1.807, 2.05) is 0 Å². The van der Waals surface area contributed by atoms with Crippen molar-refractivity contribution in [1.82, 2.24) is 25.3 Å². The van der Waals surface area contributed by atoms with Crippen LogP contribution < -0.4 is 5.73 Å². The van der Waals surface area contributed by atoms with E-state index in [1.54, 1.807) is 13.0 Å². The molecule has 1 fully saturated rings. The molecular formula is C14H20N6O2. The van der Waals surface area contributed by atoms with Crippen LogP contribution in [0, 0.1) is 6.92 Å². The number of primary amides is 1. The maximum Gasteiger partial charge on any atom is 0.269 e. The molecule has 2 unspecified atom stereocenters. The standard InChI is InChI=1S/C14H20N6O2/c1-8(14-19-16-9(2)22-14)20-5-3-4-10(7-20)11-6-12(13(15)21)18-17-11/h6,8,10H,3-5,7H2,1-2H3,(H2,15,21)(H,17,18). The Kier molecular flexibility index (Phi) is 3.93. The molecule has 118 valence electrons. The Labute approximate surface area is 128 Å². The van der Waals surface area contributed by atoms with Gasteiger partial charge in [-0.05, 0) is 32.4 Å². The zero-order valence-electron chi connectivity index (χ0n) is 12.7. The predicted molar refractivity (Wildman–Crippen MR) is 78.1 cm³/mol. The molecule has 0 aromatic carbocycles. The molecule has 1 aliphatic heterocycles. The van der Waals surface area contributed by atoms with E-state index in [0.29, 0.717) is 17.7 Å². The molecule has 22 heavy (non-hydrogen) atoms. The molecule has 8 nitrogen and oxygen atoms in total. The topological polar surface area (TPSA) is 114 Å². The number of aromatic amines is 1. The van der Waals surface area contributed by atoms with Gasteiger partial charge in [-0.2, -0.15) is 5.10 Å². The lowest BCUT2D eigenvalue weighted by Crippen LogP contribution is -2.36. The molecule has 3 heterocycles. The Bertz CT molecular complexity index is 664. The van der Waals surface area contributed by atoms with Crippen LogP contribution in [0.15, 0.2) is 10.5 Å². The summed E-state index contributed by atoms with van der Waals surface area (Å²) in [5, 5.41) is 14.9. The highest BCUT2D eigenvalue weighted by Crippen LogP contribution is 2.30. The Morgan fingerprint density at radius 3 is 3.00 bits per heavy atom. The number of hydrogen-bond acceptors (Lipinski definition) is 6. The lowest BCUT2D eigenvalue weighted by molar-refractivity contribution is 0.0995. The molecule has 3 N–H and O–H groups in total. The summed E-state index contributed by atoms with van der Waals surface area (Å²) in [6, 6.07) is 1.82. The van der Waals surface area contributed by atoms with Gasteiger partial charge in [0.05, 0.1) is 6.04 Å². The fraction of sp³-hybridized carbons (Fsp3) is 0.571. The first kappa shape index (κ1) is 14.7. The molecule has 0 aliphatic carbocycles. The molecule has 1 saturated heterocycles. The number of amides is 1. The summed E-state index contributed by atoms with van der Waals surface area (Å²) in [6.45, 7) is 5.69. The minimum absolute atomic E-state index is 0.0718. The van der Waals surface area contributed by atoms with Gasteiger partial charge >= 0.3 is 0 Å². The Morgan fingerprint density at radius 1 is 1.55 bits per heavy atom. The highest BCUT2D eigenvalue weighted by Gasteiger charge is 2.29. The normalized spacial score (nSPS) is 20.9. The number of aromatic nitrogens is 4. The van der Waals surface area contributed by atoms with E-state index in [9.17, 15) is 4.79 Å². The number of hydrogen-bond donors (Lipinski definition) is 2. The lowest BCUT2D eigenvalue weighted by Gasteiger charge is -2.34. The smallest absolute Gasteiger partial charge is 0.269 e. The van der Waals surface area contributed by atoms with Crippen molar-refractivity contribution >= 4 is 5.91 Å². The minimum Gasteiger partial charge on any atom is -0.424 e. The fourth-order valence-electron chi connectivity index (χ4n) is 2.92. The summed E-state index contributed by atoms with van der Waals surface area (Å²) in [7, 11) is 0. The number of carbonyl (C=O) groups is 1. The van der Waals surface area contributed by atoms with Gasteiger partial charge in [0.2, 0.25) is 11.8 Å². The maximum absolute atomic E-state index is 11.2. The number of H-pyrrole nitrogens is 1. The molecule has 2 aromatic rings. The van der Waals surface area contributed by atoms with Crippen LogP contribution in [-0.4, -0.2) is 44.3 Å². The van der Waals surface area contributed by atoms with Crippen LogP contribution in [0.2, 0.25) is 0 Å². The number of likely N-dealkylation sites (tertiary alicyclic amines) is 1. The van der Waals surface area contributed by atoms with Crippen molar-refractivity contribution in [3.8, 4) is 0 Å². The van der Waals surface area contributed by atoms with Gasteiger partial charge in [-0.1, -0.05) is 0 Å². The second kappa shape index (κ2) is 5.88. The van der Waals surface area contributed by atoms with E-state index >= 15 is 0 Å². The van der Waals surface area contributed by atoms with Crippen molar-refractivity contribution in [2.75, 3.05) is 13.1 Å². The van der Waals surface area contributed by atoms with Crippen LogP contribution in [0.4, 0.5) is 0 Å². The quantitative estimate of drug-likeness (QED) is 0.875. The molecule has 8 heteroatoms. The maximum atomic E-state index is 11.2. The number of nitrogens with two attached hydrogens (primary N) is 1. The van der Waals surface area contributed by atoms with E-state index in [0.717, 1.165) is 31.6 Å². The number of aryl methyl sites for hydroxylation is 1. The highest BCUT2D eigenvalue weighted by molar-refractivity contribution is 5.90. The monoisotopic (exact) mass is 304 g/mol. The number of piperidine rings is 1. The van der Waals surface area contributed by atoms with E-state index in [1.165, 1.54) is 0 Å².